The zero-order valence-corrected chi connectivity index (χ0v) is 21.9. The molecular formula is C24H28ClN5O3S2. The SMILES string of the molecule is Cc1cc(N2CC(S(=O)(=O)c3ccccc3Cl)CC2C(=O)NC2(C#N)CC2)n(C2CCSCC2)n1. The van der Waals surface area contributed by atoms with Crippen molar-refractivity contribution in [1.82, 2.24) is 15.1 Å². The van der Waals surface area contributed by atoms with E-state index in [4.69, 9.17) is 16.7 Å². The van der Waals surface area contributed by atoms with E-state index in [0.717, 1.165) is 35.9 Å². The topological polar surface area (TPSA) is 108 Å². The Bertz CT molecular complexity index is 1280. The van der Waals surface area contributed by atoms with Gasteiger partial charge in [-0.3, -0.25) is 4.79 Å². The van der Waals surface area contributed by atoms with Gasteiger partial charge in [0.05, 0.1) is 33.0 Å². The number of carbonyl (C=O) groups is 1. The van der Waals surface area contributed by atoms with E-state index in [1.807, 2.05) is 34.3 Å². The van der Waals surface area contributed by atoms with Crippen LogP contribution in [0, 0.1) is 18.3 Å². The highest BCUT2D eigenvalue weighted by Crippen LogP contribution is 2.39. The largest absolute Gasteiger partial charge is 0.343 e. The van der Waals surface area contributed by atoms with Crippen LogP contribution < -0.4 is 10.2 Å². The molecule has 35 heavy (non-hydrogen) atoms. The average Bonchev–Trinajstić information content (AvgIpc) is 3.29. The minimum absolute atomic E-state index is 0.0809. The van der Waals surface area contributed by atoms with E-state index in [0.29, 0.717) is 12.8 Å². The van der Waals surface area contributed by atoms with Crippen LogP contribution in [0.25, 0.3) is 0 Å². The maximum absolute atomic E-state index is 13.6. The molecule has 5 rings (SSSR count). The molecule has 1 amide bonds. The van der Waals surface area contributed by atoms with E-state index in [9.17, 15) is 18.5 Å². The summed E-state index contributed by atoms with van der Waals surface area (Å²) < 4.78 is 29.2. The molecule has 0 bridgehead atoms. The van der Waals surface area contributed by atoms with Crippen molar-refractivity contribution in [2.24, 2.45) is 0 Å². The number of carbonyl (C=O) groups excluding carboxylic acids is 1. The quantitative estimate of drug-likeness (QED) is 0.605. The van der Waals surface area contributed by atoms with Gasteiger partial charge in [0.15, 0.2) is 9.84 Å². The maximum atomic E-state index is 13.6. The first kappa shape index (κ1) is 24.5. The van der Waals surface area contributed by atoms with Crippen LogP contribution in [0.1, 0.15) is 43.8 Å². The lowest BCUT2D eigenvalue weighted by atomic mass is 10.1. The Morgan fingerprint density at radius 3 is 2.66 bits per heavy atom. The summed E-state index contributed by atoms with van der Waals surface area (Å²) in [6, 6.07) is 10.0. The predicted molar refractivity (Wildman–Crippen MR) is 136 cm³/mol. The second-order valence-corrected chi connectivity index (χ2v) is 13.4. The number of thioether (sulfide) groups is 1. The molecule has 1 aliphatic carbocycles. The number of rotatable bonds is 6. The fourth-order valence-corrected chi connectivity index (χ4v) is 8.30. The minimum Gasteiger partial charge on any atom is -0.343 e. The van der Waals surface area contributed by atoms with Crippen molar-refractivity contribution in [1.29, 1.82) is 5.26 Å². The minimum atomic E-state index is -3.79. The Kier molecular flexibility index (Phi) is 6.53. The Morgan fingerprint density at radius 2 is 2.00 bits per heavy atom. The Labute approximate surface area is 214 Å². The van der Waals surface area contributed by atoms with Crippen molar-refractivity contribution in [3.05, 3.63) is 41.0 Å². The van der Waals surface area contributed by atoms with E-state index in [-0.39, 0.29) is 34.8 Å². The van der Waals surface area contributed by atoms with Crippen LogP contribution in [-0.4, -0.2) is 59.0 Å². The number of halogens is 1. The summed E-state index contributed by atoms with van der Waals surface area (Å²) in [6.07, 6.45) is 3.29. The van der Waals surface area contributed by atoms with Crippen molar-refractivity contribution >= 4 is 44.9 Å². The molecule has 2 saturated heterocycles. The molecule has 1 aromatic carbocycles. The van der Waals surface area contributed by atoms with Crippen molar-refractivity contribution in [3.8, 4) is 6.07 Å². The van der Waals surface area contributed by atoms with Gasteiger partial charge in [-0.1, -0.05) is 23.7 Å². The van der Waals surface area contributed by atoms with Crippen molar-refractivity contribution in [2.75, 3.05) is 23.0 Å². The number of sulfone groups is 1. The summed E-state index contributed by atoms with van der Waals surface area (Å²) >= 11 is 8.18. The number of nitrogens with zero attached hydrogens (tertiary/aromatic N) is 4. The summed E-state index contributed by atoms with van der Waals surface area (Å²) in [5.74, 6) is 2.53. The Balaban J connectivity index is 1.51. The third kappa shape index (κ3) is 4.66. The third-order valence-corrected chi connectivity index (χ3v) is 10.8. The van der Waals surface area contributed by atoms with Crippen LogP contribution in [0.3, 0.4) is 0 Å². The molecule has 1 N–H and O–H groups in total. The molecule has 2 atom stereocenters. The van der Waals surface area contributed by atoms with Crippen LogP contribution in [0.5, 0.6) is 0 Å². The lowest BCUT2D eigenvalue weighted by Crippen LogP contribution is -2.48. The summed E-state index contributed by atoms with van der Waals surface area (Å²) in [7, 11) is -3.79. The van der Waals surface area contributed by atoms with E-state index in [1.165, 1.54) is 6.07 Å². The molecule has 0 radical (unpaired) electrons. The molecule has 8 nitrogen and oxygen atoms in total. The van der Waals surface area contributed by atoms with Gasteiger partial charge in [0.2, 0.25) is 5.91 Å². The van der Waals surface area contributed by atoms with E-state index in [1.54, 1.807) is 18.2 Å². The number of benzene rings is 1. The van der Waals surface area contributed by atoms with E-state index >= 15 is 0 Å². The lowest BCUT2D eigenvalue weighted by Gasteiger charge is -2.30. The van der Waals surface area contributed by atoms with E-state index in [2.05, 4.69) is 11.4 Å². The van der Waals surface area contributed by atoms with Gasteiger partial charge < -0.3 is 10.2 Å². The molecule has 0 spiro atoms. The third-order valence-electron chi connectivity index (χ3n) is 7.14. The van der Waals surface area contributed by atoms with Crippen LogP contribution in [-0.2, 0) is 14.6 Å². The average molecular weight is 534 g/mol. The molecule has 186 valence electrons. The summed E-state index contributed by atoms with van der Waals surface area (Å²) in [5.41, 5.74) is -0.00960. The van der Waals surface area contributed by atoms with Gasteiger partial charge in [-0.2, -0.15) is 22.1 Å². The number of nitriles is 1. The summed E-state index contributed by atoms with van der Waals surface area (Å²) in [5, 5.41) is 16.5. The first-order valence-corrected chi connectivity index (χ1v) is 14.9. The van der Waals surface area contributed by atoms with Gasteiger partial charge in [-0.25, -0.2) is 13.1 Å². The maximum Gasteiger partial charge on any atom is 0.244 e. The first-order chi connectivity index (χ1) is 16.7. The van der Waals surface area contributed by atoms with Crippen LogP contribution in [0.2, 0.25) is 5.02 Å². The van der Waals surface area contributed by atoms with Crippen molar-refractivity contribution < 1.29 is 13.2 Å². The zero-order chi connectivity index (χ0) is 24.8. The highest BCUT2D eigenvalue weighted by molar-refractivity contribution is 7.99. The molecular weight excluding hydrogens is 506 g/mol. The summed E-state index contributed by atoms with van der Waals surface area (Å²) in [6.45, 7) is 2.06. The second-order valence-electron chi connectivity index (χ2n) is 9.62. The van der Waals surface area contributed by atoms with Crippen LogP contribution in [0.15, 0.2) is 35.2 Å². The monoisotopic (exact) mass is 533 g/mol. The van der Waals surface area contributed by atoms with E-state index < -0.39 is 26.7 Å². The number of hydrogen-bond acceptors (Lipinski definition) is 7. The molecule has 1 aromatic heterocycles. The number of amides is 1. The van der Waals surface area contributed by atoms with Gasteiger partial charge in [0.1, 0.15) is 17.4 Å². The fourth-order valence-electron chi connectivity index (χ4n) is 5.00. The molecule has 3 aliphatic rings. The Morgan fingerprint density at radius 1 is 1.29 bits per heavy atom. The lowest BCUT2D eigenvalue weighted by molar-refractivity contribution is -0.122. The fraction of sp³-hybridized carbons (Fsp3) is 0.542. The Hall–Kier alpha value is -2.22. The van der Waals surface area contributed by atoms with Crippen molar-refractivity contribution in [2.45, 2.75) is 66.8 Å². The molecule has 2 unspecified atom stereocenters. The van der Waals surface area contributed by atoms with Crippen LogP contribution in [0.4, 0.5) is 5.82 Å². The van der Waals surface area contributed by atoms with Crippen molar-refractivity contribution in [3.63, 3.8) is 0 Å². The molecule has 1 saturated carbocycles. The van der Waals surface area contributed by atoms with Gasteiger partial charge in [-0.05, 0) is 62.7 Å². The number of aryl methyl sites for hydroxylation is 1. The number of nitrogens with one attached hydrogen (secondary N) is 1. The number of anilines is 1. The standard InChI is InChI=1S/C24H28ClN5O3S2/c1-16-12-22(30(28-16)17-6-10-34-11-7-17)29-14-18(35(32,33)21-5-3-2-4-19(21)25)13-20(29)23(31)27-24(15-26)8-9-24/h2-5,12,17-18,20H,6-11,13-14H2,1H3,(H,27,31). The number of aromatic nitrogens is 2. The van der Waals surface area contributed by atoms with Crippen LogP contribution >= 0.6 is 23.4 Å². The zero-order valence-electron chi connectivity index (χ0n) is 19.5. The predicted octanol–water partition coefficient (Wildman–Crippen LogP) is 3.51. The molecule has 11 heteroatoms. The highest BCUT2D eigenvalue weighted by Gasteiger charge is 2.50. The van der Waals surface area contributed by atoms with Gasteiger partial charge in [-0.15, -0.1) is 0 Å². The smallest absolute Gasteiger partial charge is 0.244 e. The normalized spacial score (nSPS) is 24.2. The molecule has 3 heterocycles. The van der Waals surface area contributed by atoms with Gasteiger partial charge >= 0.3 is 0 Å². The molecule has 2 aromatic rings. The molecule has 2 aliphatic heterocycles. The van der Waals surface area contributed by atoms with Gasteiger partial charge in [0, 0.05) is 12.6 Å². The number of hydrogen-bond donors (Lipinski definition) is 1. The highest BCUT2D eigenvalue weighted by atomic mass is 35.5. The van der Waals surface area contributed by atoms with Gasteiger partial charge in [0.25, 0.3) is 0 Å². The first-order valence-electron chi connectivity index (χ1n) is 11.9. The second kappa shape index (κ2) is 9.34. The summed E-state index contributed by atoms with van der Waals surface area (Å²) in [4.78, 5) is 15.4. The molecule has 3 fully saturated rings.